The second-order valence-electron chi connectivity index (χ2n) is 3.70. The molecule has 82 valence electrons. The summed E-state index contributed by atoms with van der Waals surface area (Å²) in [6.45, 7) is 3.13. The number of allylic oxidation sites excluding steroid dienone is 2. The molecule has 0 bridgehead atoms. The molecule has 0 radical (unpaired) electrons. The third-order valence-corrected chi connectivity index (χ3v) is 2.78. The number of aliphatic carboxylic acids is 2. The molecule has 0 fully saturated rings. The Kier molecular flexibility index (Phi) is 2.68. The quantitative estimate of drug-likeness (QED) is 0.612. The first-order valence-corrected chi connectivity index (χ1v) is 4.46. The Morgan fingerprint density at radius 3 is 2.40 bits per heavy atom. The number of nitrogens with two attached hydrogens (primary N) is 1. The molecule has 1 rings (SSSR count). The van der Waals surface area contributed by atoms with E-state index in [4.69, 9.17) is 15.9 Å². The van der Waals surface area contributed by atoms with Crippen LogP contribution in [-0.4, -0.2) is 27.7 Å². The first-order chi connectivity index (χ1) is 6.80. The van der Waals surface area contributed by atoms with Crippen molar-refractivity contribution >= 4 is 11.9 Å². The largest absolute Gasteiger partial charge is 0.480 e. The molecule has 0 amide bonds. The van der Waals surface area contributed by atoms with Crippen LogP contribution in [0.25, 0.3) is 0 Å². The Hall–Kier alpha value is -1.62. The van der Waals surface area contributed by atoms with Crippen molar-refractivity contribution in [2.75, 3.05) is 0 Å². The van der Waals surface area contributed by atoms with E-state index in [0.717, 1.165) is 0 Å². The van der Waals surface area contributed by atoms with Crippen molar-refractivity contribution in [3.8, 4) is 0 Å². The van der Waals surface area contributed by atoms with Gasteiger partial charge in [0.2, 0.25) is 0 Å². The van der Waals surface area contributed by atoms with Crippen LogP contribution in [0.3, 0.4) is 0 Å². The van der Waals surface area contributed by atoms with Crippen LogP contribution in [0.2, 0.25) is 0 Å². The summed E-state index contributed by atoms with van der Waals surface area (Å²) in [4.78, 5) is 21.9. The molecule has 2 atom stereocenters. The Labute approximate surface area is 86.9 Å². The molecule has 0 spiro atoms. The van der Waals surface area contributed by atoms with Gasteiger partial charge in [-0.2, -0.15) is 0 Å². The standard InChI is InChI=1S/C10H13NO4/c1-5-3-4-10(11,9(14)15)6(2)7(5)8(12)13/h3-4,6H,11H2,1-2H3,(H,12,13)(H,14,15). The Morgan fingerprint density at radius 1 is 1.47 bits per heavy atom. The van der Waals surface area contributed by atoms with Gasteiger partial charge in [-0.05, 0) is 12.5 Å². The molecule has 1 aliphatic rings. The van der Waals surface area contributed by atoms with Crippen molar-refractivity contribution in [2.24, 2.45) is 11.7 Å². The van der Waals surface area contributed by atoms with Crippen molar-refractivity contribution in [3.05, 3.63) is 23.3 Å². The minimum absolute atomic E-state index is 0.0578. The van der Waals surface area contributed by atoms with Crippen molar-refractivity contribution < 1.29 is 19.8 Å². The lowest BCUT2D eigenvalue weighted by molar-refractivity contribution is -0.143. The molecule has 15 heavy (non-hydrogen) atoms. The van der Waals surface area contributed by atoms with Gasteiger partial charge in [-0.15, -0.1) is 0 Å². The maximum Gasteiger partial charge on any atom is 0.332 e. The number of carbonyl (C=O) groups is 2. The molecule has 4 N–H and O–H groups in total. The van der Waals surface area contributed by atoms with Gasteiger partial charge in [0.15, 0.2) is 0 Å². The maximum absolute atomic E-state index is 11.0. The summed E-state index contributed by atoms with van der Waals surface area (Å²) < 4.78 is 0. The minimum Gasteiger partial charge on any atom is -0.480 e. The number of rotatable bonds is 2. The fourth-order valence-corrected chi connectivity index (χ4v) is 1.69. The molecule has 0 aromatic carbocycles. The number of carboxylic acid groups (broad SMARTS) is 2. The number of hydrogen-bond acceptors (Lipinski definition) is 3. The molecule has 0 aliphatic heterocycles. The fraction of sp³-hybridized carbons (Fsp3) is 0.400. The van der Waals surface area contributed by atoms with Gasteiger partial charge >= 0.3 is 11.9 Å². The lowest BCUT2D eigenvalue weighted by atomic mass is 9.75. The molecular weight excluding hydrogens is 198 g/mol. The van der Waals surface area contributed by atoms with Crippen LogP contribution in [0.1, 0.15) is 13.8 Å². The van der Waals surface area contributed by atoms with Crippen molar-refractivity contribution in [2.45, 2.75) is 19.4 Å². The van der Waals surface area contributed by atoms with E-state index in [1.807, 2.05) is 0 Å². The molecule has 5 heteroatoms. The van der Waals surface area contributed by atoms with E-state index < -0.39 is 23.4 Å². The van der Waals surface area contributed by atoms with Gasteiger partial charge in [0, 0.05) is 11.5 Å². The molecular formula is C10H13NO4. The molecule has 1 aliphatic carbocycles. The predicted molar refractivity (Wildman–Crippen MR) is 53.2 cm³/mol. The zero-order valence-electron chi connectivity index (χ0n) is 8.52. The topological polar surface area (TPSA) is 101 Å². The summed E-state index contributed by atoms with van der Waals surface area (Å²) in [7, 11) is 0. The summed E-state index contributed by atoms with van der Waals surface area (Å²) in [5.41, 5.74) is 4.62. The monoisotopic (exact) mass is 211 g/mol. The SMILES string of the molecule is CC1=C(C(=O)O)C(C)C(N)(C(=O)O)C=C1. The third-order valence-electron chi connectivity index (χ3n) is 2.78. The number of carboxylic acids is 2. The highest BCUT2D eigenvalue weighted by Crippen LogP contribution is 2.31. The summed E-state index contributed by atoms with van der Waals surface area (Å²) in [5.74, 6) is -3.10. The van der Waals surface area contributed by atoms with Crippen LogP contribution in [0.4, 0.5) is 0 Å². The van der Waals surface area contributed by atoms with Crippen molar-refractivity contribution in [1.82, 2.24) is 0 Å². The van der Waals surface area contributed by atoms with E-state index >= 15 is 0 Å². The second kappa shape index (κ2) is 3.51. The summed E-state index contributed by atoms with van der Waals surface area (Å²) >= 11 is 0. The van der Waals surface area contributed by atoms with Gasteiger partial charge in [0.05, 0.1) is 0 Å². The highest BCUT2D eigenvalue weighted by atomic mass is 16.4. The first-order valence-electron chi connectivity index (χ1n) is 4.46. The minimum atomic E-state index is -1.63. The molecule has 0 saturated carbocycles. The zero-order chi connectivity index (χ0) is 11.8. The van der Waals surface area contributed by atoms with E-state index in [9.17, 15) is 9.59 Å². The van der Waals surface area contributed by atoms with E-state index in [2.05, 4.69) is 0 Å². The van der Waals surface area contributed by atoms with Crippen LogP contribution in [0.5, 0.6) is 0 Å². The van der Waals surface area contributed by atoms with Gasteiger partial charge in [0.25, 0.3) is 0 Å². The van der Waals surface area contributed by atoms with E-state index in [-0.39, 0.29) is 5.57 Å². The summed E-state index contributed by atoms with van der Waals surface area (Å²) in [6.07, 6.45) is 2.78. The van der Waals surface area contributed by atoms with E-state index in [1.165, 1.54) is 19.1 Å². The predicted octanol–water partition coefficient (Wildman–Crippen LogP) is 0.376. The average molecular weight is 211 g/mol. The van der Waals surface area contributed by atoms with Gasteiger partial charge in [-0.3, -0.25) is 0 Å². The van der Waals surface area contributed by atoms with Crippen LogP contribution >= 0.6 is 0 Å². The first kappa shape index (κ1) is 11.5. The van der Waals surface area contributed by atoms with Crippen LogP contribution in [-0.2, 0) is 9.59 Å². The van der Waals surface area contributed by atoms with Gasteiger partial charge in [-0.1, -0.05) is 19.1 Å². The molecule has 0 heterocycles. The fourth-order valence-electron chi connectivity index (χ4n) is 1.69. The molecule has 0 aromatic rings. The van der Waals surface area contributed by atoms with E-state index in [0.29, 0.717) is 5.57 Å². The summed E-state index contributed by atoms with van der Waals surface area (Å²) in [5, 5.41) is 17.9. The highest BCUT2D eigenvalue weighted by Gasteiger charge is 2.43. The maximum atomic E-state index is 11.0. The van der Waals surface area contributed by atoms with Gasteiger partial charge < -0.3 is 15.9 Å². The van der Waals surface area contributed by atoms with Crippen molar-refractivity contribution in [3.63, 3.8) is 0 Å². The second-order valence-corrected chi connectivity index (χ2v) is 3.70. The summed E-state index contributed by atoms with van der Waals surface area (Å²) in [6, 6.07) is 0. The Morgan fingerprint density at radius 2 is 2.00 bits per heavy atom. The van der Waals surface area contributed by atoms with Crippen LogP contribution in [0.15, 0.2) is 23.3 Å². The lowest BCUT2D eigenvalue weighted by Crippen LogP contribution is -2.54. The van der Waals surface area contributed by atoms with E-state index in [1.54, 1.807) is 6.92 Å². The zero-order valence-corrected chi connectivity index (χ0v) is 8.52. The van der Waals surface area contributed by atoms with Gasteiger partial charge in [-0.25, -0.2) is 9.59 Å². The normalized spacial score (nSPS) is 30.5. The number of hydrogen-bond donors (Lipinski definition) is 3. The third kappa shape index (κ3) is 1.66. The average Bonchev–Trinajstić information content (AvgIpc) is 2.11. The molecule has 0 saturated heterocycles. The van der Waals surface area contributed by atoms with Crippen molar-refractivity contribution in [1.29, 1.82) is 0 Å². The van der Waals surface area contributed by atoms with Crippen LogP contribution < -0.4 is 5.73 Å². The van der Waals surface area contributed by atoms with Crippen LogP contribution in [0, 0.1) is 5.92 Å². The molecule has 5 nitrogen and oxygen atoms in total. The molecule has 0 aromatic heterocycles. The highest BCUT2D eigenvalue weighted by molar-refractivity contribution is 5.93. The lowest BCUT2D eigenvalue weighted by Gasteiger charge is -2.32. The Bertz CT molecular complexity index is 383. The Balaban J connectivity index is 3.26. The molecule has 2 unspecified atom stereocenters. The smallest absolute Gasteiger partial charge is 0.332 e. The van der Waals surface area contributed by atoms with Gasteiger partial charge in [0.1, 0.15) is 5.54 Å².